The monoisotopic (exact) mass is 329 g/mol. The van der Waals surface area contributed by atoms with Crippen LogP contribution in [0.5, 0.6) is 0 Å². The average molecular weight is 329 g/mol. The van der Waals surface area contributed by atoms with E-state index in [1.54, 1.807) is 12.4 Å². The first kappa shape index (κ1) is 16.0. The van der Waals surface area contributed by atoms with Crippen molar-refractivity contribution in [2.24, 2.45) is 5.92 Å². The van der Waals surface area contributed by atoms with Crippen LogP contribution in [0.25, 0.3) is 0 Å². The number of nitrogens with one attached hydrogen (secondary N) is 2. The minimum absolute atomic E-state index is 0.0306. The zero-order valence-corrected chi connectivity index (χ0v) is 14.3. The van der Waals surface area contributed by atoms with Crippen LogP contribution in [0.3, 0.4) is 0 Å². The molecule has 4 unspecified atom stereocenters. The number of aromatic nitrogens is 1. The molecule has 3 saturated heterocycles. The van der Waals surface area contributed by atoms with Crippen molar-refractivity contribution in [3.8, 4) is 0 Å². The summed E-state index contributed by atoms with van der Waals surface area (Å²) in [6, 6.07) is 4.96. The van der Waals surface area contributed by atoms with E-state index in [1.165, 1.54) is 12.8 Å². The van der Waals surface area contributed by atoms with Gasteiger partial charge in [0, 0.05) is 37.6 Å². The smallest absolute Gasteiger partial charge is 0.229 e. The molecule has 0 radical (unpaired) electrons. The minimum Gasteiger partial charge on any atom is -0.338 e. The van der Waals surface area contributed by atoms with Crippen molar-refractivity contribution in [2.75, 3.05) is 26.7 Å². The van der Waals surface area contributed by atoms with E-state index in [0.717, 1.165) is 31.5 Å². The van der Waals surface area contributed by atoms with E-state index < -0.39 is 0 Å². The Morgan fingerprint density at radius 2 is 1.92 bits per heavy atom. The molecule has 6 heteroatoms. The summed E-state index contributed by atoms with van der Waals surface area (Å²) in [5.41, 5.74) is 7.60. The molecule has 1 aromatic heterocycles. The second kappa shape index (κ2) is 6.78. The number of likely N-dealkylation sites (N-methyl/N-ethyl adjacent to an activating group) is 1. The molecule has 0 bridgehead atoms. The van der Waals surface area contributed by atoms with Gasteiger partial charge in [-0.05, 0) is 57.0 Å². The normalized spacial score (nSPS) is 34.1. The Morgan fingerprint density at radius 3 is 2.67 bits per heavy atom. The van der Waals surface area contributed by atoms with Gasteiger partial charge in [0.15, 0.2) is 0 Å². The van der Waals surface area contributed by atoms with E-state index in [1.807, 2.05) is 12.1 Å². The fraction of sp³-hybridized carbons (Fsp3) is 0.667. The van der Waals surface area contributed by atoms with E-state index in [4.69, 9.17) is 0 Å². The van der Waals surface area contributed by atoms with Crippen LogP contribution in [0.1, 0.15) is 37.3 Å². The molecule has 4 heterocycles. The van der Waals surface area contributed by atoms with Gasteiger partial charge in [0.1, 0.15) is 0 Å². The number of carbonyl (C=O) groups is 1. The maximum Gasteiger partial charge on any atom is 0.229 e. The van der Waals surface area contributed by atoms with Gasteiger partial charge in [0.05, 0.1) is 12.0 Å². The summed E-state index contributed by atoms with van der Waals surface area (Å²) in [5.74, 6) is 0.261. The molecule has 0 aliphatic carbocycles. The molecule has 0 aromatic carbocycles. The standard InChI is InChI=1S/C18H27N5O/c1-22-10-2-4-15(22)16-5-3-11-23(16)18(24)14-12-20-21-17(14)13-6-8-19-9-7-13/h6-9,14-17,20-21H,2-5,10-12H2,1H3. The predicted molar refractivity (Wildman–Crippen MR) is 92.0 cm³/mol. The SMILES string of the molecule is CN1CCCC1C1CCCN1C(=O)C1CNNC1c1ccncc1. The number of hydrazine groups is 1. The Kier molecular flexibility index (Phi) is 4.52. The highest BCUT2D eigenvalue weighted by atomic mass is 16.2. The Bertz CT molecular complexity index is 580. The van der Waals surface area contributed by atoms with E-state index in [-0.39, 0.29) is 12.0 Å². The first-order valence-corrected chi connectivity index (χ1v) is 9.15. The van der Waals surface area contributed by atoms with Crippen LogP contribution < -0.4 is 10.9 Å². The molecule has 24 heavy (non-hydrogen) atoms. The van der Waals surface area contributed by atoms with Gasteiger partial charge in [-0.25, -0.2) is 5.43 Å². The number of pyridine rings is 1. The molecule has 0 spiro atoms. The highest BCUT2D eigenvalue weighted by Gasteiger charge is 2.43. The van der Waals surface area contributed by atoms with E-state index in [2.05, 4.69) is 32.7 Å². The largest absolute Gasteiger partial charge is 0.338 e. The Balaban J connectivity index is 1.51. The fourth-order valence-electron chi connectivity index (χ4n) is 4.71. The topological polar surface area (TPSA) is 60.5 Å². The van der Waals surface area contributed by atoms with Crippen LogP contribution in [-0.2, 0) is 4.79 Å². The summed E-state index contributed by atoms with van der Waals surface area (Å²) in [4.78, 5) is 22.0. The second-order valence-electron chi connectivity index (χ2n) is 7.32. The van der Waals surface area contributed by atoms with E-state index >= 15 is 0 Å². The molecule has 1 amide bonds. The highest BCUT2D eigenvalue weighted by Crippen LogP contribution is 2.33. The lowest BCUT2D eigenvalue weighted by atomic mass is 9.93. The number of amides is 1. The average Bonchev–Trinajstić information content (AvgIpc) is 3.34. The van der Waals surface area contributed by atoms with Crippen molar-refractivity contribution in [1.82, 2.24) is 25.6 Å². The molecule has 6 nitrogen and oxygen atoms in total. The zero-order chi connectivity index (χ0) is 16.5. The van der Waals surface area contributed by atoms with Gasteiger partial charge in [-0.15, -0.1) is 0 Å². The van der Waals surface area contributed by atoms with Crippen LogP contribution >= 0.6 is 0 Å². The molecule has 4 rings (SSSR count). The van der Waals surface area contributed by atoms with Gasteiger partial charge in [0.25, 0.3) is 0 Å². The Morgan fingerprint density at radius 1 is 1.17 bits per heavy atom. The molecule has 3 fully saturated rings. The molecule has 3 aliphatic rings. The maximum absolute atomic E-state index is 13.3. The number of hydrogen-bond acceptors (Lipinski definition) is 5. The van der Waals surface area contributed by atoms with Crippen molar-refractivity contribution < 1.29 is 4.79 Å². The van der Waals surface area contributed by atoms with E-state index in [0.29, 0.717) is 24.5 Å². The predicted octanol–water partition coefficient (Wildman–Crippen LogP) is 0.932. The first-order chi connectivity index (χ1) is 11.8. The van der Waals surface area contributed by atoms with Crippen molar-refractivity contribution in [1.29, 1.82) is 0 Å². The first-order valence-electron chi connectivity index (χ1n) is 9.15. The Labute approximate surface area is 143 Å². The maximum atomic E-state index is 13.3. The fourth-order valence-corrected chi connectivity index (χ4v) is 4.71. The third-order valence-corrected chi connectivity index (χ3v) is 5.97. The number of likely N-dealkylation sites (tertiary alicyclic amines) is 2. The summed E-state index contributed by atoms with van der Waals surface area (Å²) >= 11 is 0. The van der Waals surface area contributed by atoms with Gasteiger partial charge in [-0.3, -0.25) is 15.2 Å². The summed E-state index contributed by atoms with van der Waals surface area (Å²) in [6.07, 6.45) is 8.35. The van der Waals surface area contributed by atoms with Gasteiger partial charge in [-0.2, -0.15) is 0 Å². The number of rotatable bonds is 3. The third-order valence-electron chi connectivity index (χ3n) is 5.97. The molecule has 3 aliphatic heterocycles. The number of carbonyl (C=O) groups excluding carboxylic acids is 1. The molecule has 0 saturated carbocycles. The van der Waals surface area contributed by atoms with Crippen LogP contribution in [0.4, 0.5) is 0 Å². The van der Waals surface area contributed by atoms with Gasteiger partial charge < -0.3 is 9.80 Å². The van der Waals surface area contributed by atoms with E-state index in [9.17, 15) is 4.79 Å². The molecule has 4 atom stereocenters. The zero-order valence-electron chi connectivity index (χ0n) is 14.3. The van der Waals surface area contributed by atoms with Gasteiger partial charge >= 0.3 is 0 Å². The summed E-state index contributed by atoms with van der Waals surface area (Å²) in [7, 11) is 2.21. The molecule has 1 aromatic rings. The number of nitrogens with zero attached hydrogens (tertiary/aromatic N) is 3. The van der Waals surface area contributed by atoms with Gasteiger partial charge in [-0.1, -0.05) is 0 Å². The summed E-state index contributed by atoms with van der Waals surface area (Å²) in [6.45, 7) is 2.76. The number of hydrogen-bond donors (Lipinski definition) is 2. The minimum atomic E-state index is -0.0419. The molecule has 2 N–H and O–H groups in total. The quantitative estimate of drug-likeness (QED) is 0.864. The molecular formula is C18H27N5O. The molecule has 130 valence electrons. The summed E-state index contributed by atoms with van der Waals surface area (Å²) < 4.78 is 0. The third kappa shape index (κ3) is 2.83. The molecular weight excluding hydrogens is 302 g/mol. The van der Waals surface area contributed by atoms with Crippen LogP contribution in [0, 0.1) is 5.92 Å². The lowest BCUT2D eigenvalue weighted by Crippen LogP contribution is -2.49. The lowest BCUT2D eigenvalue weighted by molar-refractivity contribution is -0.137. The van der Waals surface area contributed by atoms with Crippen LogP contribution in [0.15, 0.2) is 24.5 Å². The van der Waals surface area contributed by atoms with Crippen molar-refractivity contribution in [2.45, 2.75) is 43.8 Å². The van der Waals surface area contributed by atoms with Crippen LogP contribution in [0.2, 0.25) is 0 Å². The van der Waals surface area contributed by atoms with Crippen LogP contribution in [-0.4, -0.2) is 59.5 Å². The van der Waals surface area contributed by atoms with Crippen molar-refractivity contribution in [3.05, 3.63) is 30.1 Å². The second-order valence-corrected chi connectivity index (χ2v) is 7.32. The van der Waals surface area contributed by atoms with Gasteiger partial charge in [0.2, 0.25) is 5.91 Å². The Hall–Kier alpha value is -1.50. The summed E-state index contributed by atoms with van der Waals surface area (Å²) in [5, 5.41) is 0. The van der Waals surface area contributed by atoms with Crippen molar-refractivity contribution in [3.63, 3.8) is 0 Å². The van der Waals surface area contributed by atoms with Crippen molar-refractivity contribution >= 4 is 5.91 Å². The lowest BCUT2D eigenvalue weighted by Gasteiger charge is -2.35. The highest BCUT2D eigenvalue weighted by molar-refractivity contribution is 5.81.